The lowest BCUT2D eigenvalue weighted by atomic mass is 9.98. The Labute approximate surface area is 144 Å². The number of fused-ring (bicyclic) bond motifs is 1. The Morgan fingerprint density at radius 3 is 2.92 bits per heavy atom. The first-order valence-corrected chi connectivity index (χ1v) is 8.66. The minimum atomic E-state index is -0.774. The van der Waals surface area contributed by atoms with Crippen LogP contribution in [-0.2, 0) is 27.2 Å². The molecule has 0 bridgehead atoms. The maximum absolute atomic E-state index is 12.9. The molecule has 1 aromatic heterocycles. The number of hydrogen-bond donors (Lipinski definition) is 0. The summed E-state index contributed by atoms with van der Waals surface area (Å²) in [6.07, 6.45) is -0.362. The quantitative estimate of drug-likeness (QED) is 0.755. The van der Waals surface area contributed by atoms with Crippen LogP contribution in [0.1, 0.15) is 20.8 Å². The fraction of sp³-hybridized carbons (Fsp3) is 0.333. The van der Waals surface area contributed by atoms with E-state index in [0.717, 1.165) is 10.4 Å². The molecule has 0 saturated carbocycles. The van der Waals surface area contributed by atoms with Crippen LogP contribution < -0.4 is 0 Å². The summed E-state index contributed by atoms with van der Waals surface area (Å²) in [6.45, 7) is 1.40. The van der Waals surface area contributed by atoms with Crippen molar-refractivity contribution in [3.05, 3.63) is 57.8 Å². The number of hydrogen-bond acceptors (Lipinski definition) is 5. The molecule has 1 aliphatic heterocycles. The molecule has 5 nitrogen and oxygen atoms in total. The topological polar surface area (TPSA) is 55.8 Å². The number of carbonyl (C=O) groups is 2. The summed E-state index contributed by atoms with van der Waals surface area (Å²) in [5.41, 5.74) is 1.40. The third-order valence-corrected chi connectivity index (χ3v) is 4.83. The summed E-state index contributed by atoms with van der Waals surface area (Å²) < 4.78 is 10.5. The van der Waals surface area contributed by atoms with E-state index < -0.39 is 12.1 Å². The Kier molecular flexibility index (Phi) is 5.27. The van der Waals surface area contributed by atoms with Gasteiger partial charge in [-0.05, 0) is 23.1 Å². The highest BCUT2D eigenvalue weighted by Gasteiger charge is 2.33. The molecule has 2 aromatic rings. The van der Waals surface area contributed by atoms with Crippen molar-refractivity contribution in [3.8, 4) is 0 Å². The lowest BCUT2D eigenvalue weighted by Crippen LogP contribution is -2.45. The number of carbonyl (C=O) groups excluding carboxylic acids is 2. The Bertz CT molecular complexity index is 714. The molecule has 6 heteroatoms. The Morgan fingerprint density at radius 1 is 1.33 bits per heavy atom. The molecule has 1 amide bonds. The first-order valence-electron chi connectivity index (χ1n) is 7.78. The Balaban J connectivity index is 1.76. The van der Waals surface area contributed by atoms with Crippen molar-refractivity contribution < 1.29 is 19.1 Å². The number of cyclic esters (lactones) is 1. The molecule has 0 fully saturated rings. The Morgan fingerprint density at radius 2 is 2.17 bits per heavy atom. The molecule has 24 heavy (non-hydrogen) atoms. The van der Waals surface area contributed by atoms with Crippen molar-refractivity contribution in [1.82, 2.24) is 4.90 Å². The van der Waals surface area contributed by atoms with Crippen molar-refractivity contribution in [3.63, 3.8) is 0 Å². The molecule has 1 aliphatic rings. The summed E-state index contributed by atoms with van der Waals surface area (Å²) in [5, 5.41) is 1.98. The van der Waals surface area contributed by atoms with E-state index in [2.05, 4.69) is 0 Å². The molecule has 0 N–H and O–H groups in total. The molecule has 3 rings (SSSR count). The molecule has 0 radical (unpaired) electrons. The van der Waals surface area contributed by atoms with E-state index in [4.69, 9.17) is 9.47 Å². The van der Waals surface area contributed by atoms with Gasteiger partial charge in [-0.3, -0.25) is 4.79 Å². The van der Waals surface area contributed by atoms with Crippen molar-refractivity contribution in [1.29, 1.82) is 0 Å². The second-order valence-corrected chi connectivity index (χ2v) is 6.62. The largest absolute Gasteiger partial charge is 0.448 e. The molecule has 2 heterocycles. The van der Waals surface area contributed by atoms with Gasteiger partial charge in [-0.1, -0.05) is 24.3 Å². The van der Waals surface area contributed by atoms with Crippen LogP contribution in [0.4, 0.5) is 0 Å². The molecular formula is C18H19NO4S. The minimum Gasteiger partial charge on any atom is -0.448 e. The fourth-order valence-corrected chi connectivity index (χ4v) is 3.45. The monoisotopic (exact) mass is 345 g/mol. The summed E-state index contributed by atoms with van der Waals surface area (Å²) >= 11 is 1.60. The van der Waals surface area contributed by atoms with Gasteiger partial charge in [0.1, 0.15) is 0 Å². The highest BCUT2D eigenvalue weighted by Crippen LogP contribution is 2.22. The van der Waals surface area contributed by atoms with Crippen LogP contribution in [0.3, 0.4) is 0 Å². The number of benzene rings is 1. The van der Waals surface area contributed by atoms with Crippen LogP contribution in [-0.4, -0.2) is 43.1 Å². The number of amides is 1. The number of ether oxygens (including phenoxy) is 2. The summed E-state index contributed by atoms with van der Waals surface area (Å²) in [4.78, 5) is 27.8. The molecular weight excluding hydrogens is 326 g/mol. The number of nitrogens with zero attached hydrogens (tertiary/aromatic N) is 1. The second-order valence-electron chi connectivity index (χ2n) is 5.59. The summed E-state index contributed by atoms with van der Waals surface area (Å²) in [6, 6.07) is 11.2. The van der Waals surface area contributed by atoms with Gasteiger partial charge >= 0.3 is 5.97 Å². The van der Waals surface area contributed by atoms with Gasteiger partial charge in [0.2, 0.25) is 0 Å². The average Bonchev–Trinajstić information content (AvgIpc) is 3.11. The van der Waals surface area contributed by atoms with Gasteiger partial charge in [-0.25, -0.2) is 4.79 Å². The van der Waals surface area contributed by atoms with E-state index in [1.165, 1.54) is 0 Å². The van der Waals surface area contributed by atoms with Crippen molar-refractivity contribution in [2.24, 2.45) is 0 Å². The van der Waals surface area contributed by atoms with Gasteiger partial charge < -0.3 is 14.4 Å². The third kappa shape index (κ3) is 3.66. The van der Waals surface area contributed by atoms with Gasteiger partial charge in [0, 0.05) is 25.0 Å². The maximum atomic E-state index is 12.9. The van der Waals surface area contributed by atoms with Gasteiger partial charge in [-0.2, -0.15) is 0 Å². The van der Waals surface area contributed by atoms with Gasteiger partial charge in [-0.15, -0.1) is 11.3 Å². The molecule has 0 saturated heterocycles. The predicted molar refractivity (Wildman–Crippen MR) is 91.0 cm³/mol. The van der Waals surface area contributed by atoms with E-state index >= 15 is 0 Å². The summed E-state index contributed by atoms with van der Waals surface area (Å²) in [7, 11) is 1.60. The molecule has 1 atom stereocenters. The zero-order chi connectivity index (χ0) is 16.9. The van der Waals surface area contributed by atoms with Gasteiger partial charge in [0.05, 0.1) is 18.7 Å². The molecule has 1 aromatic carbocycles. The first-order chi connectivity index (χ1) is 11.7. The number of methoxy groups -OCH3 is 1. The molecule has 0 aliphatic carbocycles. The average molecular weight is 345 g/mol. The highest BCUT2D eigenvalue weighted by molar-refractivity contribution is 7.09. The second kappa shape index (κ2) is 7.59. The zero-order valence-electron chi connectivity index (χ0n) is 13.4. The van der Waals surface area contributed by atoms with Crippen LogP contribution in [0.5, 0.6) is 0 Å². The van der Waals surface area contributed by atoms with Crippen LogP contribution >= 0.6 is 11.3 Å². The molecule has 0 spiro atoms. The zero-order valence-corrected chi connectivity index (χ0v) is 14.3. The van der Waals surface area contributed by atoms with Crippen molar-refractivity contribution in [2.75, 3.05) is 20.3 Å². The maximum Gasteiger partial charge on any atom is 0.339 e. The Hall–Kier alpha value is -2.18. The van der Waals surface area contributed by atoms with Crippen LogP contribution in [0.2, 0.25) is 0 Å². The lowest BCUT2D eigenvalue weighted by molar-refractivity contribution is -0.142. The van der Waals surface area contributed by atoms with E-state index in [9.17, 15) is 9.59 Å². The van der Waals surface area contributed by atoms with Crippen molar-refractivity contribution in [2.45, 2.75) is 19.1 Å². The summed E-state index contributed by atoms with van der Waals surface area (Å²) in [5.74, 6) is -0.610. The number of esters is 1. The van der Waals surface area contributed by atoms with Crippen LogP contribution in [0.25, 0.3) is 0 Å². The standard InChI is InChI=1S/C18H19NO4S/c1-22-9-8-19(12-14-6-4-10-24-14)17(20)16-11-13-5-2-3-7-15(13)18(21)23-16/h2-7,10,16H,8-9,11-12H2,1H3/t16-/m1/s1. The first kappa shape index (κ1) is 16.7. The van der Waals surface area contributed by atoms with Crippen LogP contribution in [0.15, 0.2) is 41.8 Å². The normalized spacial score (nSPS) is 16.4. The SMILES string of the molecule is COCCN(Cc1cccs1)C(=O)[C@H]1Cc2ccccc2C(=O)O1. The van der Waals surface area contributed by atoms with Gasteiger partial charge in [0.25, 0.3) is 5.91 Å². The third-order valence-electron chi connectivity index (χ3n) is 3.97. The predicted octanol–water partition coefficient (Wildman–Crippen LogP) is 2.50. The minimum absolute atomic E-state index is 0.177. The van der Waals surface area contributed by atoms with E-state index in [-0.39, 0.29) is 5.91 Å². The number of thiophene rings is 1. The lowest BCUT2D eigenvalue weighted by Gasteiger charge is -2.29. The molecule has 126 valence electrons. The van der Waals surface area contributed by atoms with Crippen LogP contribution in [0, 0.1) is 0 Å². The smallest absolute Gasteiger partial charge is 0.339 e. The molecule has 0 unspecified atom stereocenters. The van der Waals surface area contributed by atoms with Gasteiger partial charge in [0.15, 0.2) is 6.10 Å². The van der Waals surface area contributed by atoms with E-state index in [1.54, 1.807) is 35.5 Å². The number of rotatable bonds is 6. The fourth-order valence-electron chi connectivity index (χ4n) is 2.73. The van der Waals surface area contributed by atoms with E-state index in [0.29, 0.717) is 31.7 Å². The van der Waals surface area contributed by atoms with Crippen molar-refractivity contribution >= 4 is 23.2 Å². The van der Waals surface area contributed by atoms with E-state index in [1.807, 2.05) is 29.6 Å². The highest BCUT2D eigenvalue weighted by atomic mass is 32.1.